The number of rotatable bonds is 6. The molecule has 9 heteroatoms. The SMILES string of the molecule is CC(=O)c1ccc(N2CCN(C(=O)CCc3nc(-c4ccc(F)c(C)c4)no3)CC2)c(F)c1. The Morgan fingerprint density at radius 2 is 1.79 bits per heavy atom. The van der Waals surface area contributed by atoms with Gasteiger partial charge in [-0.3, -0.25) is 9.59 Å². The molecule has 0 unspecified atom stereocenters. The Labute approximate surface area is 190 Å². The van der Waals surface area contributed by atoms with E-state index in [-0.39, 0.29) is 23.9 Å². The van der Waals surface area contributed by atoms with Gasteiger partial charge in [-0.05, 0) is 55.8 Å². The lowest BCUT2D eigenvalue weighted by molar-refractivity contribution is -0.131. The molecule has 0 spiro atoms. The number of amides is 1. The number of carbonyl (C=O) groups is 2. The number of hydrogen-bond acceptors (Lipinski definition) is 6. The Hall–Kier alpha value is -3.62. The normalized spacial score (nSPS) is 13.9. The minimum atomic E-state index is -0.439. The van der Waals surface area contributed by atoms with Gasteiger partial charge >= 0.3 is 0 Å². The molecule has 1 aliphatic heterocycles. The highest BCUT2D eigenvalue weighted by Gasteiger charge is 2.23. The van der Waals surface area contributed by atoms with Crippen LogP contribution in [0.25, 0.3) is 11.4 Å². The average molecular weight is 454 g/mol. The number of halogens is 2. The lowest BCUT2D eigenvalue weighted by Crippen LogP contribution is -2.49. The van der Waals surface area contributed by atoms with E-state index in [9.17, 15) is 18.4 Å². The van der Waals surface area contributed by atoms with E-state index in [1.54, 1.807) is 36.1 Å². The summed E-state index contributed by atoms with van der Waals surface area (Å²) in [5.74, 6) is -0.273. The molecule has 1 aromatic heterocycles. The third kappa shape index (κ3) is 5.08. The zero-order chi connectivity index (χ0) is 23.5. The fraction of sp³-hybridized carbons (Fsp3) is 0.333. The molecule has 0 radical (unpaired) electrons. The van der Waals surface area contributed by atoms with Crippen molar-refractivity contribution in [3.05, 3.63) is 65.1 Å². The Morgan fingerprint density at radius 3 is 2.45 bits per heavy atom. The largest absolute Gasteiger partial charge is 0.366 e. The van der Waals surface area contributed by atoms with Crippen LogP contribution in [0.4, 0.5) is 14.5 Å². The maximum absolute atomic E-state index is 14.4. The molecule has 0 atom stereocenters. The number of nitrogens with zero attached hydrogens (tertiary/aromatic N) is 4. The first-order valence-corrected chi connectivity index (χ1v) is 10.7. The molecule has 0 saturated carbocycles. The number of carbonyl (C=O) groups excluding carboxylic acids is 2. The molecule has 0 N–H and O–H groups in total. The van der Waals surface area contributed by atoms with E-state index in [2.05, 4.69) is 10.1 Å². The average Bonchev–Trinajstić information content (AvgIpc) is 3.28. The maximum atomic E-state index is 14.4. The second kappa shape index (κ2) is 9.48. The van der Waals surface area contributed by atoms with Crippen LogP contribution < -0.4 is 4.90 Å². The molecule has 1 amide bonds. The number of aryl methyl sites for hydroxylation is 2. The van der Waals surface area contributed by atoms with Crippen molar-refractivity contribution < 1.29 is 22.9 Å². The molecule has 4 rings (SSSR count). The highest BCUT2D eigenvalue weighted by atomic mass is 19.1. The van der Waals surface area contributed by atoms with Gasteiger partial charge < -0.3 is 14.3 Å². The molecule has 33 heavy (non-hydrogen) atoms. The zero-order valence-corrected chi connectivity index (χ0v) is 18.5. The van der Waals surface area contributed by atoms with Gasteiger partial charge in [-0.1, -0.05) is 5.16 Å². The van der Waals surface area contributed by atoms with Crippen LogP contribution in [0.2, 0.25) is 0 Å². The molecule has 1 aliphatic rings. The first-order chi connectivity index (χ1) is 15.8. The Kier molecular flexibility index (Phi) is 6.48. The fourth-order valence-corrected chi connectivity index (χ4v) is 3.81. The van der Waals surface area contributed by atoms with E-state index in [4.69, 9.17) is 4.52 Å². The van der Waals surface area contributed by atoms with Crippen molar-refractivity contribution >= 4 is 17.4 Å². The molecule has 0 aliphatic carbocycles. The molecule has 2 aromatic carbocycles. The minimum absolute atomic E-state index is 0.0422. The van der Waals surface area contributed by atoms with Crippen molar-refractivity contribution in [2.45, 2.75) is 26.7 Å². The Balaban J connectivity index is 1.30. The summed E-state index contributed by atoms with van der Waals surface area (Å²) >= 11 is 0. The first-order valence-electron chi connectivity index (χ1n) is 10.7. The van der Waals surface area contributed by atoms with Crippen LogP contribution >= 0.6 is 0 Å². The Bertz CT molecular complexity index is 1190. The van der Waals surface area contributed by atoms with Gasteiger partial charge in [0.1, 0.15) is 11.6 Å². The van der Waals surface area contributed by atoms with Crippen molar-refractivity contribution in [3.8, 4) is 11.4 Å². The van der Waals surface area contributed by atoms with E-state index in [0.29, 0.717) is 66.7 Å². The van der Waals surface area contributed by atoms with E-state index in [1.165, 1.54) is 19.1 Å². The number of hydrogen-bond donors (Lipinski definition) is 0. The van der Waals surface area contributed by atoms with Crippen molar-refractivity contribution in [3.63, 3.8) is 0 Å². The lowest BCUT2D eigenvalue weighted by Gasteiger charge is -2.36. The quantitative estimate of drug-likeness (QED) is 0.527. The molecule has 1 saturated heterocycles. The van der Waals surface area contributed by atoms with Gasteiger partial charge in [0.25, 0.3) is 0 Å². The molecule has 1 fully saturated rings. The summed E-state index contributed by atoms with van der Waals surface area (Å²) < 4.78 is 33.1. The van der Waals surface area contributed by atoms with E-state index in [1.807, 2.05) is 4.90 Å². The van der Waals surface area contributed by atoms with Gasteiger partial charge in [0.05, 0.1) is 5.69 Å². The number of ketones is 1. The van der Waals surface area contributed by atoms with Gasteiger partial charge in [-0.2, -0.15) is 4.98 Å². The second-order valence-corrected chi connectivity index (χ2v) is 8.07. The summed E-state index contributed by atoms with van der Waals surface area (Å²) in [4.78, 5) is 32.0. The summed E-state index contributed by atoms with van der Waals surface area (Å²) in [6.07, 6.45) is 0.513. The summed E-state index contributed by atoms with van der Waals surface area (Å²) in [5.41, 5.74) is 1.91. The molecular formula is C24H24F2N4O3. The molecule has 2 heterocycles. The van der Waals surface area contributed by atoms with Gasteiger partial charge in [0.2, 0.25) is 17.6 Å². The lowest BCUT2D eigenvalue weighted by atomic mass is 10.1. The van der Waals surface area contributed by atoms with Crippen LogP contribution in [-0.4, -0.2) is 52.9 Å². The van der Waals surface area contributed by atoms with Crippen molar-refractivity contribution in [1.82, 2.24) is 15.0 Å². The predicted molar refractivity (Wildman–Crippen MR) is 118 cm³/mol. The van der Waals surface area contributed by atoms with Gasteiger partial charge in [0.15, 0.2) is 5.78 Å². The summed E-state index contributed by atoms with van der Waals surface area (Å²) in [6.45, 7) is 4.99. The van der Waals surface area contributed by atoms with Gasteiger partial charge in [0, 0.05) is 50.1 Å². The third-order valence-corrected chi connectivity index (χ3v) is 5.76. The van der Waals surface area contributed by atoms with Crippen LogP contribution in [-0.2, 0) is 11.2 Å². The van der Waals surface area contributed by atoms with Crippen LogP contribution in [0.3, 0.4) is 0 Å². The molecule has 172 valence electrons. The number of benzene rings is 2. The summed E-state index contributed by atoms with van der Waals surface area (Å²) in [7, 11) is 0. The zero-order valence-electron chi connectivity index (χ0n) is 18.5. The topological polar surface area (TPSA) is 79.5 Å². The van der Waals surface area contributed by atoms with Crippen LogP contribution in [0.1, 0.15) is 35.2 Å². The number of anilines is 1. The van der Waals surface area contributed by atoms with E-state index in [0.717, 1.165) is 0 Å². The number of Topliss-reactive ketones (excluding diaryl/α,β-unsaturated/α-hetero) is 1. The molecule has 0 bridgehead atoms. The Morgan fingerprint density at radius 1 is 1.03 bits per heavy atom. The van der Waals surface area contributed by atoms with Crippen molar-refractivity contribution in [1.29, 1.82) is 0 Å². The van der Waals surface area contributed by atoms with E-state index >= 15 is 0 Å². The minimum Gasteiger partial charge on any atom is -0.366 e. The fourth-order valence-electron chi connectivity index (χ4n) is 3.81. The van der Waals surface area contributed by atoms with Crippen LogP contribution in [0.15, 0.2) is 40.9 Å². The first kappa shape index (κ1) is 22.6. The standard InChI is InChI=1S/C24H24F2N4O3/c1-15-13-18(3-5-19(15)25)24-27-22(33-28-24)7-8-23(32)30-11-9-29(10-12-30)21-6-4-17(16(2)31)14-20(21)26/h3-6,13-14H,7-12H2,1-2H3. The smallest absolute Gasteiger partial charge is 0.227 e. The van der Waals surface area contributed by atoms with Crippen molar-refractivity contribution in [2.24, 2.45) is 0 Å². The highest BCUT2D eigenvalue weighted by Crippen LogP contribution is 2.23. The molecule has 7 nitrogen and oxygen atoms in total. The number of piperazine rings is 1. The second-order valence-electron chi connectivity index (χ2n) is 8.07. The maximum Gasteiger partial charge on any atom is 0.227 e. The molecular weight excluding hydrogens is 430 g/mol. The van der Waals surface area contributed by atoms with Gasteiger partial charge in [-0.15, -0.1) is 0 Å². The number of aromatic nitrogens is 2. The predicted octanol–water partition coefficient (Wildman–Crippen LogP) is 3.81. The van der Waals surface area contributed by atoms with E-state index < -0.39 is 5.82 Å². The monoisotopic (exact) mass is 454 g/mol. The van der Waals surface area contributed by atoms with Crippen LogP contribution in [0.5, 0.6) is 0 Å². The summed E-state index contributed by atoms with van der Waals surface area (Å²) in [5, 5.41) is 3.92. The highest BCUT2D eigenvalue weighted by molar-refractivity contribution is 5.94. The van der Waals surface area contributed by atoms with Gasteiger partial charge in [-0.25, -0.2) is 8.78 Å². The summed E-state index contributed by atoms with van der Waals surface area (Å²) in [6, 6.07) is 9.06. The third-order valence-electron chi connectivity index (χ3n) is 5.76. The molecule has 3 aromatic rings. The van der Waals surface area contributed by atoms with Crippen LogP contribution in [0, 0.1) is 18.6 Å². The van der Waals surface area contributed by atoms with Crippen molar-refractivity contribution in [2.75, 3.05) is 31.1 Å².